The first-order chi connectivity index (χ1) is 61.5. The lowest BCUT2D eigenvalue weighted by atomic mass is 10.0. The Morgan fingerprint density at radius 3 is 1.18 bits per heavy atom. The number of phosphoric acid groups is 1. The molecule has 0 aliphatic carbocycles. The molecule has 0 fully saturated rings. The fourth-order valence-corrected chi connectivity index (χ4v) is 10.7. The van der Waals surface area contributed by atoms with Crippen molar-refractivity contribution in [3.63, 3.8) is 0 Å². The highest BCUT2D eigenvalue weighted by Gasteiger charge is 2.27. The lowest BCUT2D eigenvalue weighted by molar-refractivity contribution is -0.909. The van der Waals surface area contributed by atoms with Gasteiger partial charge in [-0.3, -0.25) is 28.2 Å². The summed E-state index contributed by atoms with van der Waals surface area (Å²) >= 11 is 0. The van der Waals surface area contributed by atoms with Gasteiger partial charge in [0.25, 0.3) is 0 Å². The van der Waals surface area contributed by atoms with Crippen molar-refractivity contribution in [2.75, 3.05) is 44.5 Å². The summed E-state index contributed by atoms with van der Waals surface area (Å²) in [6.45, 7) is 1.94. The Hall–Kier alpha value is -6.92. The normalized spacial score (nSPS) is 12.6. The van der Waals surface area contributed by atoms with Gasteiger partial charge in [-0.05, 0) is 76.9 Å². The molecule has 2 atom stereocenters. The number of ether oxygens (including phenoxy) is 3. The SMILES string of the molecule is CCCCCCCCCCCCCCCCCC(=O)OC[C@H](COP(=O)(O)OCCNC(=O)OCCOOOOOOOOOOOOOOOOOOOOOOOOOOOOOOOOOOOOOOOOOOOO/C=C\NC(=O)CCC(=O)N1Cc2ccccc2C#Cc2ccccc21)OC(=O)CCCCCCCCCCCCCCCCC. The number of phosphoric ester groups is 1. The van der Waals surface area contributed by atoms with E-state index < -0.39 is 70.9 Å². The predicted octanol–water partition coefficient (Wildman–Crippen LogP) is 12.2. The van der Waals surface area contributed by atoms with Crippen LogP contribution in [-0.4, -0.2) is 80.4 Å². The topological polar surface area (TPSA) is 602 Å². The van der Waals surface area contributed by atoms with Gasteiger partial charge in [0.15, 0.2) is 6.10 Å². The molecule has 1 unspecified atom stereocenters. The van der Waals surface area contributed by atoms with Crippen LogP contribution in [-0.2, 0) is 275 Å². The van der Waals surface area contributed by atoms with Gasteiger partial charge in [0.05, 0.1) is 25.4 Å². The van der Waals surface area contributed by atoms with E-state index in [0.29, 0.717) is 24.1 Å². The number of amides is 3. The molecule has 1 heterocycles. The number of nitrogens with one attached hydrogen (secondary N) is 2. The number of benzene rings is 2. The maximum absolute atomic E-state index is 13.2. The van der Waals surface area contributed by atoms with Crippen molar-refractivity contribution in [3.8, 4) is 11.8 Å². The van der Waals surface area contributed by atoms with E-state index in [1.807, 2.05) is 30.3 Å². The molecule has 59 nitrogen and oxygen atoms in total. The van der Waals surface area contributed by atoms with Crippen LogP contribution in [0.15, 0.2) is 61.0 Å². The number of nitrogens with zero attached hydrogens (tertiary/aromatic N) is 1. The molecule has 1 aliphatic rings. The molecule has 0 saturated carbocycles. The third-order valence-electron chi connectivity index (χ3n) is 15.5. The number of esters is 2. The van der Waals surface area contributed by atoms with E-state index in [2.05, 4.69) is 258 Å². The molecule has 1 aliphatic heterocycles. The smallest absolute Gasteiger partial charge is 0.462 e. The van der Waals surface area contributed by atoms with Crippen LogP contribution in [0.5, 0.6) is 0 Å². The first kappa shape index (κ1) is 112. The van der Waals surface area contributed by atoms with Crippen LogP contribution in [0.3, 0.4) is 0 Å². The second kappa shape index (κ2) is 85.2. The molecular weight excluding hydrogens is 1750 g/mol. The van der Waals surface area contributed by atoms with Crippen molar-refractivity contribution in [1.29, 1.82) is 0 Å². The molecule has 3 amide bonds. The van der Waals surface area contributed by atoms with Gasteiger partial charge in [-0.25, -0.2) is 14.2 Å². The summed E-state index contributed by atoms with van der Waals surface area (Å²) in [6, 6.07) is 14.6. The molecule has 0 bridgehead atoms. The van der Waals surface area contributed by atoms with Crippen LogP contribution in [0.25, 0.3) is 0 Å². The van der Waals surface area contributed by atoms with Crippen LogP contribution < -0.4 is 15.5 Å². The van der Waals surface area contributed by atoms with Crippen molar-refractivity contribution < 1.29 is 278 Å². The fourth-order valence-electron chi connectivity index (χ4n) is 9.98. The first-order valence-corrected chi connectivity index (χ1v) is 40.1. The number of carbonyl (C=O) groups excluding carboxylic acids is 5. The van der Waals surface area contributed by atoms with Crippen molar-refractivity contribution >= 4 is 43.4 Å². The molecule has 0 saturated heterocycles. The lowest BCUT2D eigenvalue weighted by Crippen LogP contribution is -2.32. The van der Waals surface area contributed by atoms with Gasteiger partial charge in [-0.1, -0.05) is 236 Å². The van der Waals surface area contributed by atoms with Crippen molar-refractivity contribution in [1.82, 2.24) is 10.6 Å². The molecule has 2 aromatic rings. The van der Waals surface area contributed by atoms with Crippen molar-refractivity contribution in [3.05, 3.63) is 77.7 Å². The first-order valence-electron chi connectivity index (χ1n) is 38.6. The van der Waals surface area contributed by atoms with Gasteiger partial charge in [0.1, 0.15) is 26.1 Å². The molecule has 2 aromatic carbocycles. The summed E-state index contributed by atoms with van der Waals surface area (Å²) in [6.07, 6.45) is 34.8. The van der Waals surface area contributed by atoms with Gasteiger partial charge in [0, 0.05) is 221 Å². The maximum atomic E-state index is 13.2. The Labute approximate surface area is 709 Å². The Morgan fingerprint density at radius 2 is 0.752 bits per heavy atom. The van der Waals surface area contributed by atoms with Gasteiger partial charge >= 0.3 is 25.9 Å². The Balaban J connectivity index is 0.998. The summed E-state index contributed by atoms with van der Waals surface area (Å²) in [5.74, 6) is 4.33. The third kappa shape index (κ3) is 71.7. The van der Waals surface area contributed by atoms with Crippen LogP contribution in [0, 0.1) is 11.8 Å². The minimum Gasteiger partial charge on any atom is -0.462 e. The number of carbonyl (C=O) groups is 5. The van der Waals surface area contributed by atoms with Gasteiger partial charge in [-0.15, -0.1) is 0 Å². The van der Waals surface area contributed by atoms with E-state index in [1.54, 1.807) is 23.1 Å². The third-order valence-corrected chi connectivity index (χ3v) is 16.5. The molecule has 0 spiro atoms. The highest BCUT2D eigenvalue weighted by Crippen LogP contribution is 2.43. The second-order valence-electron chi connectivity index (χ2n) is 24.4. The Bertz CT molecular complexity index is 3050. The van der Waals surface area contributed by atoms with Gasteiger partial charge in [0.2, 0.25) is 11.8 Å². The summed E-state index contributed by atoms with van der Waals surface area (Å²) in [4.78, 5) is 83.8. The predicted molar refractivity (Wildman–Crippen MR) is 370 cm³/mol. The van der Waals surface area contributed by atoms with Gasteiger partial charge < -0.3 is 39.5 Å². The largest absolute Gasteiger partial charge is 0.472 e. The minimum absolute atomic E-state index is 0.105. The number of hydrogen-bond donors (Lipinski definition) is 3. The quantitative estimate of drug-likeness (QED) is 0.00809. The number of rotatable bonds is 93. The van der Waals surface area contributed by atoms with Crippen LogP contribution in [0.1, 0.15) is 249 Å². The zero-order chi connectivity index (χ0) is 89.4. The Kier molecular flexibility index (Phi) is 76.5. The van der Waals surface area contributed by atoms with Crippen LogP contribution >= 0.6 is 7.82 Å². The van der Waals surface area contributed by atoms with E-state index in [4.69, 9.17) is 23.3 Å². The molecule has 3 N–H and O–H groups in total. The number of fused-ring (bicyclic) bond motifs is 2. The summed E-state index contributed by atoms with van der Waals surface area (Å²) in [5.41, 5.74) is 2.94. The molecule has 60 heteroatoms. The van der Waals surface area contributed by atoms with Gasteiger partial charge in [-0.2, -0.15) is 0 Å². The van der Waals surface area contributed by atoms with Crippen molar-refractivity contribution in [2.45, 2.75) is 245 Å². The van der Waals surface area contributed by atoms with Crippen molar-refractivity contribution in [2.24, 2.45) is 0 Å². The Morgan fingerprint density at radius 1 is 0.392 bits per heavy atom. The fraction of sp³-hybridized carbons (Fsp3) is 0.677. The van der Waals surface area contributed by atoms with E-state index >= 15 is 0 Å². The number of alkyl carbamates (subject to hydrolysis) is 1. The standard InChI is InChI=1S/C65H102N3O56P/c1-3-5-7-9-11-13-15-17-19-21-23-25-27-29-31-41-63(71)77-54-59(82-64(72)42-32-30-28-26-24-22-20-18-16-14-12-10-8-6-4-2)55-81-125(74,75)80-50-48-67-65(73)76-51-52-79-84-86-88-90-92-94-96-98-100-102-104-106-108-110-112-114-116-118-120-122-124-123-121-119-117-115-113-111-109-107-105-103-101-99-97-95-93-91-89-87-85-83-78-49-47-66-61(69)45-46-62(70)68-53-58-39-34-33-37-56(58)43-44-57-38-35-36-40-60(57)68/h33-40,47,49,59H,3-32,41-42,45-46,48,50-55H2,1-2H3,(H,66,69)(H,67,73)(H,74,75)/b49-47-/t59-/m1/s1. The molecule has 0 aromatic heterocycles. The average Bonchev–Trinajstić information content (AvgIpc) is 0.804. The lowest BCUT2D eigenvalue weighted by Gasteiger charge is -2.26. The van der Waals surface area contributed by atoms with Crippen LogP contribution in [0.4, 0.5) is 10.5 Å². The van der Waals surface area contributed by atoms with E-state index in [0.717, 1.165) is 75.0 Å². The number of hydrogen-bond acceptors (Lipinski definition) is 55. The summed E-state index contributed by atoms with van der Waals surface area (Å²) in [5, 5.41) is 158. The number of anilines is 1. The molecule has 0 radical (unpaired) electrons. The number of unbranched alkanes of at least 4 members (excludes halogenated alkanes) is 28. The molecule has 125 heavy (non-hydrogen) atoms. The zero-order valence-electron chi connectivity index (χ0n) is 67.6. The molecular formula is C65H102N3O56P. The molecule has 718 valence electrons. The maximum Gasteiger partial charge on any atom is 0.472 e. The molecule has 3 rings (SSSR count). The highest BCUT2D eigenvalue weighted by atomic mass is 31.2. The highest BCUT2D eigenvalue weighted by molar-refractivity contribution is 7.47. The second-order valence-corrected chi connectivity index (χ2v) is 25.9. The zero-order valence-corrected chi connectivity index (χ0v) is 68.5. The van der Waals surface area contributed by atoms with E-state index in [1.165, 1.54) is 128 Å². The summed E-state index contributed by atoms with van der Waals surface area (Å²) in [7, 11) is -4.77. The van der Waals surface area contributed by atoms with Crippen LogP contribution in [0.2, 0.25) is 0 Å². The summed E-state index contributed by atoms with van der Waals surface area (Å²) < 4.78 is 38.5. The number of para-hydroxylation sites is 1. The monoisotopic (exact) mass is 1850 g/mol. The van der Waals surface area contributed by atoms with E-state index in [-0.39, 0.29) is 44.7 Å². The average molecular weight is 1850 g/mol. The van der Waals surface area contributed by atoms with E-state index in [9.17, 15) is 33.4 Å². The minimum atomic E-state index is -4.77.